The number of pyridine rings is 1. The normalized spacial score (nSPS) is 12.4. The lowest BCUT2D eigenvalue weighted by atomic mass is 9.99. The number of hydrogen-bond acceptors (Lipinski definition) is 2. The van der Waals surface area contributed by atoms with Crippen molar-refractivity contribution in [2.45, 2.75) is 6.04 Å². The summed E-state index contributed by atoms with van der Waals surface area (Å²) in [5.74, 6) is -0.985. The van der Waals surface area contributed by atoms with Gasteiger partial charge in [0.05, 0.1) is 17.3 Å². The molecule has 2 aromatic rings. The fourth-order valence-electron chi connectivity index (χ4n) is 1.84. The molecule has 5 heteroatoms. The first kappa shape index (κ1) is 12.9. The first-order valence-electron chi connectivity index (χ1n) is 5.35. The van der Waals surface area contributed by atoms with Crippen molar-refractivity contribution in [1.29, 1.82) is 0 Å². The highest BCUT2D eigenvalue weighted by Crippen LogP contribution is 2.30. The van der Waals surface area contributed by atoms with Crippen LogP contribution in [0.1, 0.15) is 17.2 Å². The highest BCUT2D eigenvalue weighted by Gasteiger charge is 2.20. The first-order chi connectivity index (χ1) is 8.65. The summed E-state index contributed by atoms with van der Waals surface area (Å²) in [5, 5.41) is 2.92. The molecule has 94 valence electrons. The number of rotatable bonds is 3. The van der Waals surface area contributed by atoms with E-state index in [4.69, 9.17) is 11.6 Å². The van der Waals surface area contributed by atoms with Crippen molar-refractivity contribution in [3.8, 4) is 0 Å². The molecular formula is C13H11ClF2N2. The average molecular weight is 269 g/mol. The van der Waals surface area contributed by atoms with Gasteiger partial charge in [0.15, 0.2) is 0 Å². The van der Waals surface area contributed by atoms with Crippen LogP contribution in [0.25, 0.3) is 0 Å². The third-order valence-electron chi connectivity index (χ3n) is 2.70. The molecule has 0 amide bonds. The van der Waals surface area contributed by atoms with Gasteiger partial charge in [-0.2, -0.15) is 0 Å². The molecule has 18 heavy (non-hydrogen) atoms. The van der Waals surface area contributed by atoms with E-state index in [1.54, 1.807) is 19.2 Å². The van der Waals surface area contributed by atoms with Crippen LogP contribution in [-0.4, -0.2) is 12.0 Å². The van der Waals surface area contributed by atoms with Gasteiger partial charge in [0.1, 0.15) is 11.6 Å². The van der Waals surface area contributed by atoms with Gasteiger partial charge in [-0.05, 0) is 24.7 Å². The summed E-state index contributed by atoms with van der Waals surface area (Å²) >= 11 is 5.92. The predicted molar refractivity (Wildman–Crippen MR) is 66.5 cm³/mol. The van der Waals surface area contributed by atoms with E-state index in [0.717, 1.165) is 6.20 Å². The van der Waals surface area contributed by atoms with E-state index in [0.29, 0.717) is 11.1 Å². The quantitative estimate of drug-likeness (QED) is 0.924. The van der Waals surface area contributed by atoms with Crippen molar-refractivity contribution in [3.63, 3.8) is 0 Å². The largest absolute Gasteiger partial charge is 0.309 e. The Hall–Kier alpha value is -1.52. The Bertz CT molecular complexity index is 560. The SMILES string of the molecule is CNC(c1ccncc1F)c1cccc(F)c1Cl. The standard InChI is InChI=1S/C13H11ClF2N2/c1-17-13(8-5-6-18-7-11(8)16)9-3-2-4-10(15)12(9)14/h2-7,13,17H,1H3. The second-order valence-corrected chi connectivity index (χ2v) is 4.14. The zero-order valence-corrected chi connectivity index (χ0v) is 10.4. The van der Waals surface area contributed by atoms with Crippen LogP contribution in [-0.2, 0) is 0 Å². The molecule has 2 rings (SSSR count). The molecule has 1 atom stereocenters. The van der Waals surface area contributed by atoms with Crippen LogP contribution in [0.15, 0.2) is 36.7 Å². The molecule has 0 aliphatic carbocycles. The highest BCUT2D eigenvalue weighted by atomic mass is 35.5. The third kappa shape index (κ3) is 2.35. The van der Waals surface area contributed by atoms with Crippen molar-refractivity contribution in [2.75, 3.05) is 7.05 Å². The zero-order valence-electron chi connectivity index (χ0n) is 9.62. The van der Waals surface area contributed by atoms with Gasteiger partial charge in [0.2, 0.25) is 0 Å². The molecule has 0 spiro atoms. The molecule has 1 aromatic carbocycles. The number of halogens is 3. The van der Waals surface area contributed by atoms with Gasteiger partial charge in [-0.1, -0.05) is 23.7 Å². The van der Waals surface area contributed by atoms with E-state index in [9.17, 15) is 8.78 Å². The maximum Gasteiger partial charge on any atom is 0.146 e. The van der Waals surface area contributed by atoms with Crippen LogP contribution in [0.3, 0.4) is 0 Å². The topological polar surface area (TPSA) is 24.9 Å². The van der Waals surface area contributed by atoms with Gasteiger partial charge in [-0.3, -0.25) is 4.98 Å². The molecule has 0 fully saturated rings. The Labute approximate surface area is 109 Å². The van der Waals surface area contributed by atoms with Crippen molar-refractivity contribution >= 4 is 11.6 Å². The van der Waals surface area contributed by atoms with Crippen LogP contribution >= 0.6 is 11.6 Å². The van der Waals surface area contributed by atoms with Crippen molar-refractivity contribution in [3.05, 3.63) is 64.4 Å². The summed E-state index contributed by atoms with van der Waals surface area (Å²) in [7, 11) is 1.66. The highest BCUT2D eigenvalue weighted by molar-refractivity contribution is 6.31. The number of benzene rings is 1. The van der Waals surface area contributed by atoms with Crippen molar-refractivity contribution < 1.29 is 8.78 Å². The molecule has 1 heterocycles. The molecule has 0 saturated heterocycles. The van der Waals surface area contributed by atoms with Crippen molar-refractivity contribution in [2.24, 2.45) is 0 Å². The Morgan fingerprint density at radius 3 is 2.61 bits per heavy atom. The monoisotopic (exact) mass is 268 g/mol. The Kier molecular flexibility index (Phi) is 3.89. The van der Waals surface area contributed by atoms with Gasteiger partial charge >= 0.3 is 0 Å². The van der Waals surface area contributed by atoms with Gasteiger partial charge in [-0.25, -0.2) is 8.78 Å². The molecule has 1 N–H and O–H groups in total. The fraction of sp³-hybridized carbons (Fsp3) is 0.154. The summed E-state index contributed by atoms with van der Waals surface area (Å²) < 4.78 is 27.1. The van der Waals surface area contributed by atoms with Gasteiger partial charge in [0.25, 0.3) is 0 Å². The smallest absolute Gasteiger partial charge is 0.146 e. The zero-order chi connectivity index (χ0) is 13.1. The van der Waals surface area contributed by atoms with Crippen LogP contribution in [0, 0.1) is 11.6 Å². The fourth-order valence-corrected chi connectivity index (χ4v) is 2.08. The third-order valence-corrected chi connectivity index (χ3v) is 3.09. The first-order valence-corrected chi connectivity index (χ1v) is 5.73. The Balaban J connectivity index is 2.53. The average Bonchev–Trinajstić information content (AvgIpc) is 2.37. The lowest BCUT2D eigenvalue weighted by Gasteiger charge is -2.19. The molecule has 0 bridgehead atoms. The van der Waals surface area contributed by atoms with Gasteiger partial charge < -0.3 is 5.32 Å². The minimum atomic E-state index is -0.524. The van der Waals surface area contributed by atoms with Crippen LogP contribution in [0.2, 0.25) is 5.02 Å². The molecule has 0 aliphatic rings. The number of aromatic nitrogens is 1. The van der Waals surface area contributed by atoms with E-state index in [1.807, 2.05) is 0 Å². The molecule has 2 nitrogen and oxygen atoms in total. The molecule has 0 aliphatic heterocycles. The van der Waals surface area contributed by atoms with Crippen molar-refractivity contribution in [1.82, 2.24) is 10.3 Å². The maximum absolute atomic E-state index is 13.7. The maximum atomic E-state index is 13.7. The summed E-state index contributed by atoms with van der Waals surface area (Å²) in [6.45, 7) is 0. The lowest BCUT2D eigenvalue weighted by Crippen LogP contribution is -2.19. The van der Waals surface area contributed by atoms with Crippen LogP contribution < -0.4 is 5.32 Å². The van der Waals surface area contributed by atoms with E-state index in [1.165, 1.54) is 18.3 Å². The molecule has 0 saturated carbocycles. The summed E-state index contributed by atoms with van der Waals surface area (Å²) in [6.07, 6.45) is 2.60. The lowest BCUT2D eigenvalue weighted by molar-refractivity contribution is 0.567. The minimum absolute atomic E-state index is 0.00642. The Morgan fingerprint density at radius 2 is 1.94 bits per heavy atom. The number of nitrogens with zero attached hydrogens (tertiary/aromatic N) is 1. The van der Waals surface area contributed by atoms with E-state index >= 15 is 0 Å². The second-order valence-electron chi connectivity index (χ2n) is 3.76. The second kappa shape index (κ2) is 5.42. The van der Waals surface area contributed by atoms with Gasteiger partial charge in [-0.15, -0.1) is 0 Å². The number of nitrogens with one attached hydrogen (secondary N) is 1. The van der Waals surface area contributed by atoms with Gasteiger partial charge in [0, 0.05) is 11.8 Å². The molecule has 1 aromatic heterocycles. The summed E-state index contributed by atoms with van der Waals surface area (Å²) in [4.78, 5) is 3.69. The minimum Gasteiger partial charge on any atom is -0.309 e. The summed E-state index contributed by atoms with van der Waals surface area (Å²) in [5.41, 5.74) is 0.865. The molecule has 0 radical (unpaired) electrons. The Morgan fingerprint density at radius 1 is 1.17 bits per heavy atom. The predicted octanol–water partition coefficient (Wildman–Crippen LogP) is 3.32. The molecular weight excluding hydrogens is 258 g/mol. The van der Waals surface area contributed by atoms with Crippen LogP contribution in [0.5, 0.6) is 0 Å². The number of hydrogen-bond donors (Lipinski definition) is 1. The van der Waals surface area contributed by atoms with E-state index in [2.05, 4.69) is 10.3 Å². The van der Waals surface area contributed by atoms with Crippen LogP contribution in [0.4, 0.5) is 8.78 Å². The summed E-state index contributed by atoms with van der Waals surface area (Å²) in [6, 6.07) is 5.49. The van der Waals surface area contributed by atoms with E-state index in [-0.39, 0.29) is 5.02 Å². The van der Waals surface area contributed by atoms with E-state index < -0.39 is 17.7 Å². The molecule has 1 unspecified atom stereocenters.